The zero-order valence-corrected chi connectivity index (χ0v) is 10.5. The van der Waals surface area contributed by atoms with Gasteiger partial charge in [0.05, 0.1) is 0 Å². The van der Waals surface area contributed by atoms with E-state index in [-0.39, 0.29) is 11.4 Å². The Morgan fingerprint density at radius 1 is 0.900 bits per heavy atom. The van der Waals surface area contributed by atoms with Gasteiger partial charge in [0.25, 0.3) is 0 Å². The van der Waals surface area contributed by atoms with Crippen molar-refractivity contribution in [2.75, 3.05) is 0 Å². The van der Waals surface area contributed by atoms with Crippen LogP contribution in [0, 0.1) is 10.4 Å². The van der Waals surface area contributed by atoms with Crippen molar-refractivity contribution in [3.8, 4) is 0 Å². The quantitative estimate of drug-likeness (QED) is 0.478. The van der Waals surface area contributed by atoms with E-state index in [2.05, 4.69) is 0 Å². The Morgan fingerprint density at radius 2 is 1.50 bits per heavy atom. The Labute approximate surface area is 115 Å². The van der Waals surface area contributed by atoms with E-state index in [0.717, 1.165) is 0 Å². The van der Waals surface area contributed by atoms with Gasteiger partial charge < -0.3 is 10.4 Å². The maximum Gasteiger partial charge on any atom is 0.171 e. The van der Waals surface area contributed by atoms with Crippen LogP contribution in [0.1, 0.15) is 11.1 Å². The molecule has 0 saturated heterocycles. The summed E-state index contributed by atoms with van der Waals surface area (Å²) in [4.78, 5) is 0. The summed E-state index contributed by atoms with van der Waals surface area (Å²) in [6.07, 6.45) is 1.38. The second-order valence-corrected chi connectivity index (χ2v) is 4.12. The highest BCUT2D eigenvalue weighted by Gasteiger charge is 2.12. The monoisotopic (exact) mass is 274 g/mol. The number of hydroxylamine groups is 2. The summed E-state index contributed by atoms with van der Waals surface area (Å²) in [5, 5.41) is 38.7. The van der Waals surface area contributed by atoms with Crippen LogP contribution in [0.2, 0.25) is 0 Å². The van der Waals surface area contributed by atoms with E-state index in [1.165, 1.54) is 12.1 Å². The molecule has 0 aliphatic rings. The molecule has 0 amide bonds. The van der Waals surface area contributed by atoms with E-state index in [9.17, 15) is 15.6 Å². The van der Waals surface area contributed by atoms with Crippen molar-refractivity contribution in [2.45, 2.75) is 0 Å². The van der Waals surface area contributed by atoms with Gasteiger partial charge in [0.1, 0.15) is 0 Å². The summed E-state index contributed by atoms with van der Waals surface area (Å²) < 4.78 is 0. The molecule has 0 spiro atoms. The van der Waals surface area contributed by atoms with Crippen LogP contribution in [0.25, 0.3) is 11.8 Å². The van der Waals surface area contributed by atoms with Gasteiger partial charge in [-0.15, -0.1) is 0 Å². The summed E-state index contributed by atoms with van der Waals surface area (Å²) in [6, 6.07) is 14.9. The minimum Gasteiger partial charge on any atom is -0.595 e. The summed E-state index contributed by atoms with van der Waals surface area (Å²) in [7, 11) is 0. The lowest BCUT2D eigenvalue weighted by Gasteiger charge is -2.17. The average molecular weight is 274 g/mol. The van der Waals surface area contributed by atoms with Crippen molar-refractivity contribution in [1.29, 1.82) is 0 Å². The fourth-order valence-electron chi connectivity index (χ4n) is 1.86. The molecule has 4 N–H and O–H groups in total. The zero-order valence-electron chi connectivity index (χ0n) is 10.5. The molecule has 2 unspecified atom stereocenters. The largest absolute Gasteiger partial charge is 0.595 e. The second-order valence-electron chi connectivity index (χ2n) is 4.12. The van der Waals surface area contributed by atoms with Crippen molar-refractivity contribution >= 4 is 17.5 Å². The Kier molecular flexibility index (Phi) is 4.59. The van der Waals surface area contributed by atoms with Gasteiger partial charge in [0.15, 0.2) is 11.4 Å². The van der Waals surface area contributed by atoms with Gasteiger partial charge in [-0.25, -0.2) is 10.4 Å². The third-order valence-corrected chi connectivity index (χ3v) is 2.81. The highest BCUT2D eigenvalue weighted by molar-refractivity contribution is 5.79. The highest BCUT2D eigenvalue weighted by Crippen LogP contribution is 2.17. The molecule has 0 radical (unpaired) electrons. The molecule has 2 atom stereocenters. The van der Waals surface area contributed by atoms with Crippen LogP contribution in [0.15, 0.2) is 54.6 Å². The predicted molar refractivity (Wildman–Crippen MR) is 72.6 cm³/mol. The molecule has 2 aromatic carbocycles. The predicted octanol–water partition coefficient (Wildman–Crippen LogP) is 0.360. The van der Waals surface area contributed by atoms with Gasteiger partial charge in [-0.2, -0.15) is 10.5 Å². The first-order chi connectivity index (χ1) is 9.59. The van der Waals surface area contributed by atoms with Crippen LogP contribution in [0.4, 0.5) is 5.69 Å². The molecule has 20 heavy (non-hydrogen) atoms. The van der Waals surface area contributed by atoms with Crippen molar-refractivity contribution in [1.82, 2.24) is 0 Å². The third kappa shape index (κ3) is 3.28. The third-order valence-electron chi connectivity index (χ3n) is 2.81. The minimum absolute atomic E-state index is 0.0549. The van der Waals surface area contributed by atoms with Crippen molar-refractivity contribution in [3.05, 3.63) is 76.1 Å². The molecule has 6 heteroatoms. The van der Waals surface area contributed by atoms with Gasteiger partial charge >= 0.3 is 0 Å². The molecule has 2 rings (SSSR count). The SMILES string of the molecule is [O-][NH+](O)C(=Cc1ccccc1[NH+]([O-])O)c1ccccc1. The molecule has 2 aromatic rings. The number of rotatable bonds is 4. The number of nitrogens with one attached hydrogen (secondary N) is 2. The first-order valence-electron chi connectivity index (χ1n) is 5.92. The minimum atomic E-state index is -1.10. The Hall–Kier alpha value is -2.06. The van der Waals surface area contributed by atoms with E-state index < -0.39 is 10.5 Å². The molecule has 0 saturated carbocycles. The lowest BCUT2D eigenvalue weighted by atomic mass is 10.1. The molecule has 0 fully saturated rings. The Morgan fingerprint density at radius 3 is 2.10 bits per heavy atom. The zero-order chi connectivity index (χ0) is 14.5. The van der Waals surface area contributed by atoms with Crippen LogP contribution in [-0.2, 0) is 0 Å². The maximum atomic E-state index is 11.4. The lowest BCUT2D eigenvalue weighted by Crippen LogP contribution is -3.01. The molecule has 0 aromatic heterocycles. The van der Waals surface area contributed by atoms with Crippen LogP contribution >= 0.6 is 0 Å². The molecule has 0 bridgehead atoms. The Bertz CT molecular complexity index is 597. The smallest absolute Gasteiger partial charge is 0.171 e. The first kappa shape index (κ1) is 14.4. The molecule has 0 heterocycles. The molecular formula is C14H14N2O4. The standard InChI is InChI=1S/C14H14N2O4/c17-15(18)13-9-5-4-8-12(13)10-14(16(19)20)11-6-2-1-3-7-11/h1-10,15-17,19H. The maximum absolute atomic E-state index is 11.4. The molecule has 0 aliphatic heterocycles. The number of para-hydroxylation sites is 1. The highest BCUT2D eigenvalue weighted by atomic mass is 16.8. The van der Waals surface area contributed by atoms with E-state index in [1.807, 2.05) is 0 Å². The fourth-order valence-corrected chi connectivity index (χ4v) is 1.86. The van der Waals surface area contributed by atoms with Gasteiger partial charge in [0, 0.05) is 23.3 Å². The van der Waals surface area contributed by atoms with Gasteiger partial charge in [-0.05, 0) is 18.2 Å². The van der Waals surface area contributed by atoms with E-state index in [1.54, 1.807) is 48.5 Å². The van der Waals surface area contributed by atoms with Gasteiger partial charge in [-0.3, -0.25) is 0 Å². The average Bonchev–Trinajstić information content (AvgIpc) is 2.45. The fraction of sp³-hybridized carbons (Fsp3) is 0. The summed E-state index contributed by atoms with van der Waals surface area (Å²) in [5.41, 5.74) is 1.02. The summed E-state index contributed by atoms with van der Waals surface area (Å²) in [5.74, 6) is 0. The van der Waals surface area contributed by atoms with E-state index in [4.69, 9.17) is 5.21 Å². The molecule has 104 valence electrons. The van der Waals surface area contributed by atoms with E-state index in [0.29, 0.717) is 11.1 Å². The number of quaternary nitrogens is 2. The molecular weight excluding hydrogens is 260 g/mol. The molecule has 0 aliphatic carbocycles. The topological polar surface area (TPSA) is 95.5 Å². The van der Waals surface area contributed by atoms with Gasteiger partial charge in [0.2, 0.25) is 0 Å². The number of hydrogen-bond donors (Lipinski definition) is 4. The summed E-state index contributed by atoms with van der Waals surface area (Å²) in [6.45, 7) is 0. The lowest BCUT2D eigenvalue weighted by molar-refractivity contribution is -0.991. The number of hydrogen-bond acceptors (Lipinski definition) is 4. The summed E-state index contributed by atoms with van der Waals surface area (Å²) >= 11 is 0. The Balaban J connectivity index is 2.50. The number of benzene rings is 2. The van der Waals surface area contributed by atoms with Crippen LogP contribution in [0.3, 0.4) is 0 Å². The normalized spacial score (nSPS) is 14.9. The van der Waals surface area contributed by atoms with Gasteiger partial charge in [-0.1, -0.05) is 30.3 Å². The van der Waals surface area contributed by atoms with Crippen LogP contribution in [-0.4, -0.2) is 10.4 Å². The van der Waals surface area contributed by atoms with Crippen molar-refractivity contribution in [3.63, 3.8) is 0 Å². The van der Waals surface area contributed by atoms with E-state index >= 15 is 0 Å². The first-order valence-corrected chi connectivity index (χ1v) is 5.92. The van der Waals surface area contributed by atoms with Crippen LogP contribution < -0.4 is 10.5 Å². The second kappa shape index (κ2) is 6.40. The van der Waals surface area contributed by atoms with Crippen molar-refractivity contribution in [2.24, 2.45) is 0 Å². The molecule has 6 nitrogen and oxygen atoms in total. The van der Waals surface area contributed by atoms with Crippen molar-refractivity contribution < 1.29 is 20.9 Å². The van der Waals surface area contributed by atoms with Crippen LogP contribution in [0.5, 0.6) is 0 Å².